The molecule has 3 rings (SSSR count). The number of anilines is 1. The number of amides is 1. The molecule has 1 N–H and O–H groups in total. The molecule has 0 aliphatic carbocycles. The van der Waals surface area contributed by atoms with Crippen molar-refractivity contribution in [3.63, 3.8) is 0 Å². The molecule has 0 aliphatic heterocycles. The van der Waals surface area contributed by atoms with E-state index < -0.39 is 11.6 Å². The van der Waals surface area contributed by atoms with Gasteiger partial charge in [-0.15, -0.1) is 0 Å². The lowest BCUT2D eigenvalue weighted by Gasteiger charge is -2.05. The average molecular weight is 300 g/mol. The maximum atomic E-state index is 13.1. The second-order valence-electron chi connectivity index (χ2n) is 4.76. The number of hydrogen-bond donors (Lipinski definition) is 1. The van der Waals surface area contributed by atoms with Crippen LogP contribution in [0.25, 0.3) is 11.1 Å². The van der Waals surface area contributed by atoms with Crippen LogP contribution in [0.2, 0.25) is 0 Å². The molecule has 0 saturated heterocycles. The average Bonchev–Trinajstić information content (AvgIpc) is 2.81. The summed E-state index contributed by atoms with van der Waals surface area (Å²) in [7, 11) is 0. The van der Waals surface area contributed by atoms with Gasteiger partial charge in [-0.1, -0.05) is 6.07 Å². The molecule has 112 valence electrons. The lowest BCUT2D eigenvalue weighted by Crippen LogP contribution is -2.14. The quantitative estimate of drug-likeness (QED) is 0.808. The number of carbonyl (C=O) groups excluding carboxylic acids is 1. The van der Waals surface area contributed by atoms with Crippen molar-refractivity contribution in [1.82, 2.24) is 4.57 Å². The predicted octanol–water partition coefficient (Wildman–Crippen LogP) is 3.01. The van der Waals surface area contributed by atoms with Gasteiger partial charge in [0.1, 0.15) is 5.82 Å². The first-order valence-electron chi connectivity index (χ1n) is 6.79. The summed E-state index contributed by atoms with van der Waals surface area (Å²) in [6.07, 6.45) is 0. The predicted molar refractivity (Wildman–Crippen MR) is 80.5 cm³/mol. The van der Waals surface area contributed by atoms with Gasteiger partial charge in [0.15, 0.2) is 5.58 Å². The van der Waals surface area contributed by atoms with E-state index in [0.717, 1.165) is 0 Å². The van der Waals surface area contributed by atoms with Crippen molar-refractivity contribution in [1.29, 1.82) is 0 Å². The van der Waals surface area contributed by atoms with E-state index in [2.05, 4.69) is 5.32 Å². The Labute approximate surface area is 125 Å². The summed E-state index contributed by atoms with van der Waals surface area (Å²) in [6.45, 7) is 2.26. The molecule has 0 atom stereocenters. The number of nitrogens with one attached hydrogen (secondary N) is 1. The van der Waals surface area contributed by atoms with E-state index in [-0.39, 0.29) is 5.91 Å². The summed E-state index contributed by atoms with van der Waals surface area (Å²) in [5.41, 5.74) is 1.71. The van der Waals surface area contributed by atoms with Crippen LogP contribution in [0, 0.1) is 5.82 Å². The summed E-state index contributed by atoms with van der Waals surface area (Å²) < 4.78 is 19.7. The van der Waals surface area contributed by atoms with Crippen molar-refractivity contribution in [3.8, 4) is 0 Å². The molecule has 0 saturated carbocycles. The van der Waals surface area contributed by atoms with Gasteiger partial charge in [0.25, 0.3) is 5.91 Å². The van der Waals surface area contributed by atoms with Gasteiger partial charge in [-0.05, 0) is 43.3 Å². The van der Waals surface area contributed by atoms with Crippen LogP contribution in [0.3, 0.4) is 0 Å². The van der Waals surface area contributed by atoms with E-state index in [1.54, 1.807) is 24.3 Å². The Balaban J connectivity index is 1.95. The molecule has 0 fully saturated rings. The zero-order valence-electron chi connectivity index (χ0n) is 11.8. The number of aryl methyl sites for hydroxylation is 1. The Morgan fingerprint density at radius 3 is 2.82 bits per heavy atom. The van der Waals surface area contributed by atoms with Crippen LogP contribution < -0.4 is 11.1 Å². The third kappa shape index (κ3) is 2.50. The number of rotatable bonds is 3. The highest BCUT2D eigenvalue weighted by molar-refractivity contribution is 6.05. The van der Waals surface area contributed by atoms with Crippen LogP contribution in [-0.4, -0.2) is 10.5 Å². The van der Waals surface area contributed by atoms with Gasteiger partial charge in [0.2, 0.25) is 0 Å². The first-order chi connectivity index (χ1) is 10.6. The lowest BCUT2D eigenvalue weighted by molar-refractivity contribution is 0.102. The van der Waals surface area contributed by atoms with Crippen LogP contribution in [-0.2, 0) is 6.54 Å². The van der Waals surface area contributed by atoms with Crippen LogP contribution in [0.15, 0.2) is 51.7 Å². The fourth-order valence-electron chi connectivity index (χ4n) is 2.27. The molecule has 22 heavy (non-hydrogen) atoms. The molecule has 0 unspecified atom stereocenters. The van der Waals surface area contributed by atoms with Crippen molar-refractivity contribution < 1.29 is 13.6 Å². The van der Waals surface area contributed by atoms with E-state index >= 15 is 0 Å². The third-order valence-electron chi connectivity index (χ3n) is 3.33. The highest BCUT2D eigenvalue weighted by Gasteiger charge is 2.12. The second-order valence-corrected chi connectivity index (χ2v) is 4.76. The zero-order chi connectivity index (χ0) is 15.7. The Morgan fingerprint density at radius 2 is 2.09 bits per heavy atom. The van der Waals surface area contributed by atoms with Gasteiger partial charge >= 0.3 is 5.76 Å². The lowest BCUT2D eigenvalue weighted by atomic mass is 10.2. The number of fused-ring (bicyclic) bond motifs is 1. The molecule has 0 spiro atoms. The molecular formula is C16H13FN2O3. The topological polar surface area (TPSA) is 64.2 Å². The number of benzene rings is 2. The van der Waals surface area contributed by atoms with Crippen molar-refractivity contribution in [2.75, 3.05) is 5.32 Å². The molecule has 3 aromatic rings. The minimum atomic E-state index is -0.458. The first kappa shape index (κ1) is 14.1. The number of carbonyl (C=O) groups is 1. The Bertz CT molecular complexity index is 911. The molecule has 1 aromatic heterocycles. The highest BCUT2D eigenvalue weighted by atomic mass is 19.1. The van der Waals surface area contributed by atoms with Gasteiger partial charge in [-0.2, -0.15) is 0 Å². The fraction of sp³-hybridized carbons (Fsp3) is 0.125. The molecule has 0 bridgehead atoms. The van der Waals surface area contributed by atoms with Gasteiger partial charge in [-0.3, -0.25) is 9.36 Å². The minimum Gasteiger partial charge on any atom is -0.408 e. The van der Waals surface area contributed by atoms with Crippen LogP contribution in [0.5, 0.6) is 0 Å². The van der Waals surface area contributed by atoms with Crippen LogP contribution >= 0.6 is 0 Å². The molecule has 6 heteroatoms. The monoisotopic (exact) mass is 300 g/mol. The molecular weight excluding hydrogens is 287 g/mol. The van der Waals surface area contributed by atoms with E-state index in [9.17, 15) is 14.0 Å². The fourth-order valence-corrected chi connectivity index (χ4v) is 2.27. The summed E-state index contributed by atoms with van der Waals surface area (Å²) in [5, 5.41) is 2.61. The first-order valence-corrected chi connectivity index (χ1v) is 6.79. The van der Waals surface area contributed by atoms with Gasteiger partial charge in [-0.25, -0.2) is 9.18 Å². The number of aromatic nitrogens is 1. The summed E-state index contributed by atoms with van der Waals surface area (Å²) in [6, 6.07) is 10.4. The molecule has 0 aliphatic rings. The van der Waals surface area contributed by atoms with Crippen molar-refractivity contribution in [2.24, 2.45) is 0 Å². The van der Waals surface area contributed by atoms with Gasteiger partial charge in [0, 0.05) is 17.8 Å². The molecule has 1 heterocycles. The minimum absolute atomic E-state index is 0.361. The number of nitrogens with zero attached hydrogens (tertiary/aromatic N) is 1. The largest absolute Gasteiger partial charge is 0.419 e. The maximum absolute atomic E-state index is 13.1. The maximum Gasteiger partial charge on any atom is 0.419 e. The van der Waals surface area contributed by atoms with E-state index in [0.29, 0.717) is 28.9 Å². The van der Waals surface area contributed by atoms with Crippen molar-refractivity contribution in [3.05, 3.63) is 64.4 Å². The van der Waals surface area contributed by atoms with Gasteiger partial charge < -0.3 is 9.73 Å². The van der Waals surface area contributed by atoms with Crippen LogP contribution in [0.4, 0.5) is 10.1 Å². The second kappa shape index (κ2) is 5.48. The van der Waals surface area contributed by atoms with Gasteiger partial charge in [0.05, 0.1) is 5.52 Å². The molecule has 0 radical (unpaired) electrons. The summed E-state index contributed by atoms with van der Waals surface area (Å²) in [4.78, 5) is 23.9. The summed E-state index contributed by atoms with van der Waals surface area (Å²) >= 11 is 0. The van der Waals surface area contributed by atoms with E-state index in [4.69, 9.17) is 4.42 Å². The third-order valence-corrected chi connectivity index (χ3v) is 3.33. The molecule has 2 aromatic carbocycles. The van der Waals surface area contributed by atoms with Crippen LogP contribution in [0.1, 0.15) is 17.3 Å². The molecule has 1 amide bonds. The smallest absolute Gasteiger partial charge is 0.408 e. The Hall–Kier alpha value is -2.89. The SMILES string of the molecule is CCn1c(=O)oc2ccc(C(=O)Nc3cccc(F)c3)cc21. The molecule has 5 nitrogen and oxygen atoms in total. The number of halogens is 1. The van der Waals surface area contributed by atoms with Crippen molar-refractivity contribution in [2.45, 2.75) is 13.5 Å². The van der Waals surface area contributed by atoms with Crippen molar-refractivity contribution >= 4 is 22.7 Å². The Morgan fingerprint density at radius 1 is 1.27 bits per heavy atom. The summed E-state index contributed by atoms with van der Waals surface area (Å²) in [5.74, 6) is -1.27. The van der Waals surface area contributed by atoms with E-state index in [1.165, 1.54) is 22.8 Å². The standard InChI is InChI=1S/C16H13FN2O3/c1-2-19-13-8-10(6-7-14(13)22-16(19)21)15(20)18-12-5-3-4-11(17)9-12/h3-9H,2H2,1H3,(H,18,20). The zero-order valence-corrected chi connectivity index (χ0v) is 11.8. The number of hydrogen-bond acceptors (Lipinski definition) is 3. The normalized spacial score (nSPS) is 10.8. The Kier molecular flexibility index (Phi) is 3.50. The van der Waals surface area contributed by atoms with E-state index in [1.807, 2.05) is 6.92 Å². The highest BCUT2D eigenvalue weighted by Crippen LogP contribution is 2.17. The number of oxazole rings is 1.